The number of ether oxygens (including phenoxy) is 3. The molecule has 140 valence electrons. The Hall–Kier alpha value is -3.02. The number of fused-ring (bicyclic) bond motifs is 2. The standard InChI is InChI=1S/C21H21NO5/c1-14(20(23)22-9-8-15-4-2-3-5-17(15)13-22)27-21(24)16-6-7-18-19(12-16)26-11-10-25-18/h2-7,12,14H,8-11,13H2,1H3/t14-/m1/s1. The number of rotatable bonds is 3. The van der Waals surface area contributed by atoms with E-state index in [0.717, 1.165) is 12.0 Å². The molecule has 0 fully saturated rings. The monoisotopic (exact) mass is 367 g/mol. The van der Waals surface area contributed by atoms with E-state index in [4.69, 9.17) is 14.2 Å². The van der Waals surface area contributed by atoms with Crippen molar-refractivity contribution < 1.29 is 23.8 Å². The average molecular weight is 367 g/mol. The maximum absolute atomic E-state index is 12.7. The Morgan fingerprint density at radius 1 is 1.04 bits per heavy atom. The summed E-state index contributed by atoms with van der Waals surface area (Å²) in [6.45, 7) is 3.71. The van der Waals surface area contributed by atoms with Crippen molar-refractivity contribution in [1.82, 2.24) is 4.90 Å². The molecule has 0 N–H and O–H groups in total. The van der Waals surface area contributed by atoms with E-state index < -0.39 is 12.1 Å². The predicted octanol–water partition coefficient (Wildman–Crippen LogP) is 2.59. The number of carbonyl (C=O) groups is 2. The van der Waals surface area contributed by atoms with Gasteiger partial charge >= 0.3 is 5.97 Å². The van der Waals surface area contributed by atoms with Gasteiger partial charge in [-0.25, -0.2) is 4.79 Å². The average Bonchev–Trinajstić information content (AvgIpc) is 2.72. The van der Waals surface area contributed by atoms with Crippen molar-refractivity contribution in [3.05, 3.63) is 59.2 Å². The highest BCUT2D eigenvalue weighted by molar-refractivity contribution is 5.93. The van der Waals surface area contributed by atoms with Crippen LogP contribution in [0.5, 0.6) is 11.5 Å². The third-order valence-electron chi connectivity index (χ3n) is 4.85. The second kappa shape index (κ2) is 7.31. The van der Waals surface area contributed by atoms with Gasteiger partial charge < -0.3 is 19.1 Å². The quantitative estimate of drug-likeness (QED) is 0.780. The van der Waals surface area contributed by atoms with Gasteiger partial charge in [0.05, 0.1) is 5.56 Å². The lowest BCUT2D eigenvalue weighted by Crippen LogP contribution is -2.42. The normalized spacial score (nSPS) is 16.3. The number of amides is 1. The fraction of sp³-hybridized carbons (Fsp3) is 0.333. The minimum atomic E-state index is -0.851. The van der Waals surface area contributed by atoms with E-state index in [1.807, 2.05) is 18.2 Å². The number of esters is 1. The second-order valence-corrected chi connectivity index (χ2v) is 6.68. The number of nitrogens with zero attached hydrogens (tertiary/aromatic N) is 1. The molecule has 0 radical (unpaired) electrons. The zero-order valence-electron chi connectivity index (χ0n) is 15.1. The Kier molecular flexibility index (Phi) is 4.71. The van der Waals surface area contributed by atoms with Gasteiger partial charge in [0, 0.05) is 13.1 Å². The Balaban J connectivity index is 1.40. The maximum atomic E-state index is 12.7. The molecule has 1 atom stereocenters. The number of benzene rings is 2. The Bertz CT molecular complexity index is 879. The second-order valence-electron chi connectivity index (χ2n) is 6.68. The SMILES string of the molecule is C[C@@H](OC(=O)c1ccc2c(c1)OCCO2)C(=O)N1CCc2ccccc2C1. The molecular weight excluding hydrogens is 346 g/mol. The lowest BCUT2D eigenvalue weighted by atomic mass is 9.99. The van der Waals surface area contributed by atoms with Crippen LogP contribution >= 0.6 is 0 Å². The highest BCUT2D eigenvalue weighted by Gasteiger charge is 2.27. The van der Waals surface area contributed by atoms with Gasteiger partial charge in [-0.15, -0.1) is 0 Å². The van der Waals surface area contributed by atoms with E-state index in [1.165, 1.54) is 5.56 Å². The zero-order chi connectivity index (χ0) is 18.8. The first-order valence-electron chi connectivity index (χ1n) is 9.08. The van der Waals surface area contributed by atoms with Gasteiger partial charge in [-0.3, -0.25) is 4.79 Å². The summed E-state index contributed by atoms with van der Waals surface area (Å²) >= 11 is 0. The summed E-state index contributed by atoms with van der Waals surface area (Å²) in [6.07, 6.45) is -0.0407. The van der Waals surface area contributed by atoms with Crippen LogP contribution in [0.2, 0.25) is 0 Å². The number of hydrogen-bond donors (Lipinski definition) is 0. The molecular formula is C21H21NO5. The lowest BCUT2D eigenvalue weighted by molar-refractivity contribution is -0.140. The summed E-state index contributed by atoms with van der Waals surface area (Å²) in [4.78, 5) is 26.9. The molecule has 2 aromatic carbocycles. The molecule has 0 spiro atoms. The van der Waals surface area contributed by atoms with Crippen LogP contribution in [-0.2, 0) is 22.5 Å². The minimum Gasteiger partial charge on any atom is -0.486 e. The minimum absolute atomic E-state index is 0.185. The zero-order valence-corrected chi connectivity index (χ0v) is 15.1. The number of carbonyl (C=O) groups excluding carboxylic acids is 2. The molecule has 0 bridgehead atoms. The van der Waals surface area contributed by atoms with E-state index >= 15 is 0 Å². The predicted molar refractivity (Wildman–Crippen MR) is 97.9 cm³/mol. The summed E-state index contributed by atoms with van der Waals surface area (Å²) in [5.41, 5.74) is 2.74. The van der Waals surface area contributed by atoms with E-state index in [2.05, 4.69) is 6.07 Å². The molecule has 6 heteroatoms. The van der Waals surface area contributed by atoms with Crippen LogP contribution < -0.4 is 9.47 Å². The Labute approximate surface area is 157 Å². The third kappa shape index (κ3) is 3.60. The van der Waals surface area contributed by atoms with Gasteiger partial charge in [0.1, 0.15) is 13.2 Å². The molecule has 0 unspecified atom stereocenters. The first-order chi connectivity index (χ1) is 13.1. The molecule has 2 aliphatic heterocycles. The molecule has 2 aliphatic rings. The van der Waals surface area contributed by atoms with E-state index in [9.17, 15) is 9.59 Å². The molecule has 0 saturated heterocycles. The fourth-order valence-electron chi connectivity index (χ4n) is 3.39. The lowest BCUT2D eigenvalue weighted by Gasteiger charge is -2.30. The summed E-state index contributed by atoms with van der Waals surface area (Å²) < 4.78 is 16.3. The Morgan fingerprint density at radius 2 is 1.78 bits per heavy atom. The Morgan fingerprint density at radius 3 is 2.59 bits per heavy atom. The largest absolute Gasteiger partial charge is 0.486 e. The van der Waals surface area contributed by atoms with Crippen LogP contribution in [0, 0.1) is 0 Å². The van der Waals surface area contributed by atoms with Crippen LogP contribution in [0.15, 0.2) is 42.5 Å². The highest BCUT2D eigenvalue weighted by atomic mass is 16.6. The van der Waals surface area contributed by atoms with Crippen molar-refractivity contribution >= 4 is 11.9 Å². The molecule has 2 aromatic rings. The summed E-state index contributed by atoms with van der Waals surface area (Å²) in [7, 11) is 0. The van der Waals surface area contributed by atoms with Crippen LogP contribution in [0.25, 0.3) is 0 Å². The number of hydrogen-bond acceptors (Lipinski definition) is 5. The highest BCUT2D eigenvalue weighted by Crippen LogP contribution is 2.31. The molecule has 4 rings (SSSR count). The van der Waals surface area contributed by atoms with Crippen molar-refractivity contribution in [2.45, 2.75) is 26.0 Å². The summed E-state index contributed by atoms with van der Waals surface area (Å²) in [5, 5.41) is 0. The molecule has 0 aliphatic carbocycles. The van der Waals surface area contributed by atoms with Crippen LogP contribution in [-0.4, -0.2) is 42.6 Å². The summed E-state index contributed by atoms with van der Waals surface area (Å²) in [6, 6.07) is 13.0. The molecule has 6 nitrogen and oxygen atoms in total. The van der Waals surface area contributed by atoms with E-state index in [1.54, 1.807) is 30.0 Å². The first kappa shape index (κ1) is 17.4. The van der Waals surface area contributed by atoms with Crippen molar-refractivity contribution in [2.75, 3.05) is 19.8 Å². The topological polar surface area (TPSA) is 65.1 Å². The molecule has 2 heterocycles. The fourth-order valence-corrected chi connectivity index (χ4v) is 3.39. The van der Waals surface area contributed by atoms with Gasteiger partial charge in [-0.1, -0.05) is 24.3 Å². The molecule has 1 amide bonds. The van der Waals surface area contributed by atoms with Crippen molar-refractivity contribution in [2.24, 2.45) is 0 Å². The van der Waals surface area contributed by atoms with Gasteiger partial charge in [-0.05, 0) is 42.7 Å². The van der Waals surface area contributed by atoms with Crippen molar-refractivity contribution in [3.8, 4) is 11.5 Å². The van der Waals surface area contributed by atoms with Crippen LogP contribution in [0.3, 0.4) is 0 Å². The summed E-state index contributed by atoms with van der Waals surface area (Å²) in [5.74, 6) is 0.386. The van der Waals surface area contributed by atoms with Gasteiger partial charge in [0.25, 0.3) is 5.91 Å². The maximum Gasteiger partial charge on any atom is 0.339 e. The van der Waals surface area contributed by atoms with Gasteiger partial charge in [-0.2, -0.15) is 0 Å². The van der Waals surface area contributed by atoms with Crippen LogP contribution in [0.1, 0.15) is 28.4 Å². The van der Waals surface area contributed by atoms with E-state index in [0.29, 0.717) is 43.4 Å². The molecule has 0 aromatic heterocycles. The van der Waals surface area contributed by atoms with Crippen molar-refractivity contribution in [1.29, 1.82) is 0 Å². The van der Waals surface area contributed by atoms with Gasteiger partial charge in [0.15, 0.2) is 17.6 Å². The van der Waals surface area contributed by atoms with Crippen LogP contribution in [0.4, 0.5) is 0 Å². The third-order valence-corrected chi connectivity index (χ3v) is 4.85. The van der Waals surface area contributed by atoms with Crippen molar-refractivity contribution in [3.63, 3.8) is 0 Å². The molecule has 27 heavy (non-hydrogen) atoms. The first-order valence-corrected chi connectivity index (χ1v) is 9.08. The van der Waals surface area contributed by atoms with Gasteiger partial charge in [0.2, 0.25) is 0 Å². The smallest absolute Gasteiger partial charge is 0.339 e. The molecule has 0 saturated carbocycles. The van der Waals surface area contributed by atoms with E-state index in [-0.39, 0.29) is 5.91 Å².